The summed E-state index contributed by atoms with van der Waals surface area (Å²) in [5.74, 6) is 1.27. The van der Waals surface area contributed by atoms with Gasteiger partial charge in [-0.3, -0.25) is 4.79 Å². The van der Waals surface area contributed by atoms with Crippen molar-refractivity contribution in [3.05, 3.63) is 23.3 Å². The summed E-state index contributed by atoms with van der Waals surface area (Å²) in [6.45, 7) is 6.81. The highest BCUT2D eigenvalue weighted by molar-refractivity contribution is 5.74. The summed E-state index contributed by atoms with van der Waals surface area (Å²) in [5, 5.41) is 2.93. The van der Waals surface area contributed by atoms with Crippen LogP contribution in [0.5, 0.6) is 11.5 Å². The predicted octanol–water partition coefficient (Wildman–Crippen LogP) is 2.90. The number of carbonyl (C=O) groups is 2. The van der Waals surface area contributed by atoms with E-state index in [9.17, 15) is 9.59 Å². The largest absolute Gasteiger partial charge is 0.490 e. The van der Waals surface area contributed by atoms with Crippen LogP contribution < -0.4 is 14.8 Å². The summed E-state index contributed by atoms with van der Waals surface area (Å²) in [7, 11) is 1.38. The first-order valence-corrected chi connectivity index (χ1v) is 9.60. The summed E-state index contributed by atoms with van der Waals surface area (Å²) in [5.41, 5.74) is 2.29. The lowest BCUT2D eigenvalue weighted by molar-refractivity contribution is -0.140. The Morgan fingerprint density at radius 3 is 2.37 bits per heavy atom. The molecule has 1 aliphatic heterocycles. The van der Waals surface area contributed by atoms with Gasteiger partial charge in [-0.05, 0) is 56.4 Å². The Kier molecular flexibility index (Phi) is 8.23. The SMILES string of the molecule is CCOc1cc2c(cc1OCC)CN(C(=O)NCCCCC(=O)OC)CC2. The van der Waals surface area contributed by atoms with Crippen LogP contribution in [0.2, 0.25) is 0 Å². The van der Waals surface area contributed by atoms with Crippen LogP contribution in [-0.2, 0) is 22.5 Å². The van der Waals surface area contributed by atoms with Crippen molar-refractivity contribution in [2.45, 2.75) is 46.1 Å². The molecule has 0 atom stereocenters. The quantitative estimate of drug-likeness (QED) is 0.528. The van der Waals surface area contributed by atoms with E-state index < -0.39 is 0 Å². The van der Waals surface area contributed by atoms with E-state index in [1.165, 1.54) is 12.7 Å². The molecule has 1 aliphatic rings. The molecule has 0 bridgehead atoms. The van der Waals surface area contributed by atoms with Crippen LogP contribution in [0.3, 0.4) is 0 Å². The van der Waals surface area contributed by atoms with E-state index in [-0.39, 0.29) is 12.0 Å². The Balaban J connectivity index is 1.89. The first-order chi connectivity index (χ1) is 13.1. The number of ether oxygens (including phenoxy) is 3. The van der Waals surface area contributed by atoms with E-state index >= 15 is 0 Å². The summed E-state index contributed by atoms with van der Waals surface area (Å²) < 4.78 is 16.0. The molecular weight excluding hydrogens is 348 g/mol. The number of methoxy groups -OCH3 is 1. The predicted molar refractivity (Wildman–Crippen MR) is 102 cm³/mol. The van der Waals surface area contributed by atoms with E-state index in [4.69, 9.17) is 9.47 Å². The van der Waals surface area contributed by atoms with E-state index in [0.29, 0.717) is 45.7 Å². The van der Waals surface area contributed by atoms with Crippen LogP contribution in [0, 0.1) is 0 Å². The van der Waals surface area contributed by atoms with Crippen LogP contribution >= 0.6 is 0 Å². The number of unbranched alkanes of at least 4 members (excludes halogenated alkanes) is 1. The Bertz CT molecular complexity index is 648. The highest BCUT2D eigenvalue weighted by Crippen LogP contribution is 2.33. The number of hydrogen-bond acceptors (Lipinski definition) is 5. The van der Waals surface area contributed by atoms with Gasteiger partial charge in [0.25, 0.3) is 0 Å². The Morgan fingerprint density at radius 1 is 1.07 bits per heavy atom. The van der Waals surface area contributed by atoms with Crippen molar-refractivity contribution in [1.29, 1.82) is 0 Å². The second kappa shape index (κ2) is 10.6. The minimum absolute atomic E-state index is 0.0782. The van der Waals surface area contributed by atoms with Crippen molar-refractivity contribution in [3.63, 3.8) is 0 Å². The van der Waals surface area contributed by atoms with Crippen molar-refractivity contribution < 1.29 is 23.8 Å². The van der Waals surface area contributed by atoms with Gasteiger partial charge in [0.1, 0.15) is 0 Å². The van der Waals surface area contributed by atoms with Crippen LogP contribution in [0.1, 0.15) is 44.2 Å². The molecule has 0 fully saturated rings. The highest BCUT2D eigenvalue weighted by atomic mass is 16.5. The molecule has 0 unspecified atom stereocenters. The zero-order chi connectivity index (χ0) is 19.6. The number of fused-ring (bicyclic) bond motifs is 1. The normalized spacial score (nSPS) is 12.9. The number of rotatable bonds is 9. The topological polar surface area (TPSA) is 77.1 Å². The van der Waals surface area contributed by atoms with Gasteiger partial charge in [-0.2, -0.15) is 0 Å². The number of urea groups is 1. The molecule has 27 heavy (non-hydrogen) atoms. The number of carbonyl (C=O) groups excluding carboxylic acids is 2. The lowest BCUT2D eigenvalue weighted by Crippen LogP contribution is -2.43. The van der Waals surface area contributed by atoms with Gasteiger partial charge in [0.05, 0.1) is 20.3 Å². The molecule has 2 amide bonds. The van der Waals surface area contributed by atoms with Gasteiger partial charge < -0.3 is 24.4 Å². The molecular formula is C20H30N2O5. The van der Waals surface area contributed by atoms with Gasteiger partial charge >= 0.3 is 12.0 Å². The van der Waals surface area contributed by atoms with Gasteiger partial charge in [0, 0.05) is 26.1 Å². The summed E-state index contributed by atoms with van der Waals surface area (Å²) >= 11 is 0. The maximum absolute atomic E-state index is 12.4. The third-order valence-corrected chi connectivity index (χ3v) is 4.48. The average Bonchev–Trinajstić information content (AvgIpc) is 2.67. The molecule has 0 aliphatic carbocycles. The maximum Gasteiger partial charge on any atom is 0.317 e. The Labute approximate surface area is 161 Å². The van der Waals surface area contributed by atoms with Crippen molar-refractivity contribution in [2.75, 3.05) is 33.4 Å². The molecule has 1 N–H and O–H groups in total. The molecule has 7 nitrogen and oxygen atoms in total. The smallest absolute Gasteiger partial charge is 0.317 e. The number of hydrogen-bond donors (Lipinski definition) is 1. The van der Waals surface area contributed by atoms with Gasteiger partial charge in [-0.15, -0.1) is 0 Å². The number of nitrogens with one attached hydrogen (secondary N) is 1. The van der Waals surface area contributed by atoms with Gasteiger partial charge in [-0.1, -0.05) is 0 Å². The molecule has 0 spiro atoms. The Hall–Kier alpha value is -2.44. The summed E-state index contributed by atoms with van der Waals surface area (Å²) in [6.07, 6.45) is 2.62. The van der Waals surface area contributed by atoms with Crippen molar-refractivity contribution in [2.24, 2.45) is 0 Å². The summed E-state index contributed by atoms with van der Waals surface area (Å²) in [4.78, 5) is 25.3. The van der Waals surface area contributed by atoms with E-state index in [2.05, 4.69) is 10.1 Å². The van der Waals surface area contributed by atoms with Crippen molar-refractivity contribution >= 4 is 12.0 Å². The molecule has 0 radical (unpaired) electrons. The number of nitrogens with zero attached hydrogens (tertiary/aromatic N) is 1. The molecule has 1 aromatic carbocycles. The minimum atomic E-state index is -0.217. The van der Waals surface area contributed by atoms with Gasteiger partial charge in [0.2, 0.25) is 0 Å². The monoisotopic (exact) mass is 378 g/mol. The summed E-state index contributed by atoms with van der Waals surface area (Å²) in [6, 6.07) is 3.94. The molecule has 7 heteroatoms. The lowest BCUT2D eigenvalue weighted by Gasteiger charge is -2.30. The zero-order valence-corrected chi connectivity index (χ0v) is 16.5. The van der Waals surface area contributed by atoms with Crippen molar-refractivity contribution in [3.8, 4) is 11.5 Å². The first kappa shape index (κ1) is 20.9. The number of amides is 2. The van der Waals surface area contributed by atoms with Crippen LogP contribution in [0.25, 0.3) is 0 Å². The molecule has 150 valence electrons. The third kappa shape index (κ3) is 6.05. The van der Waals surface area contributed by atoms with Crippen LogP contribution in [-0.4, -0.2) is 50.3 Å². The van der Waals surface area contributed by atoms with Crippen molar-refractivity contribution in [1.82, 2.24) is 10.2 Å². The Morgan fingerprint density at radius 2 is 1.74 bits per heavy atom. The molecule has 0 aromatic heterocycles. The number of esters is 1. The van der Waals surface area contributed by atoms with Crippen LogP contribution in [0.4, 0.5) is 4.79 Å². The molecule has 1 aromatic rings. The van der Waals surface area contributed by atoms with Gasteiger partial charge in [0.15, 0.2) is 11.5 Å². The van der Waals surface area contributed by atoms with Crippen LogP contribution in [0.15, 0.2) is 12.1 Å². The maximum atomic E-state index is 12.4. The minimum Gasteiger partial charge on any atom is -0.490 e. The van der Waals surface area contributed by atoms with E-state index in [1.54, 1.807) is 4.90 Å². The molecule has 0 saturated heterocycles. The number of benzene rings is 1. The van der Waals surface area contributed by atoms with Gasteiger partial charge in [-0.25, -0.2) is 4.79 Å². The second-order valence-corrected chi connectivity index (χ2v) is 6.37. The van der Waals surface area contributed by atoms with E-state index in [0.717, 1.165) is 29.9 Å². The fourth-order valence-electron chi connectivity index (χ4n) is 3.08. The zero-order valence-electron chi connectivity index (χ0n) is 16.5. The first-order valence-electron chi connectivity index (χ1n) is 9.60. The fraction of sp³-hybridized carbons (Fsp3) is 0.600. The third-order valence-electron chi connectivity index (χ3n) is 4.48. The molecule has 2 rings (SSSR count). The lowest BCUT2D eigenvalue weighted by atomic mass is 9.99. The highest BCUT2D eigenvalue weighted by Gasteiger charge is 2.22. The fourth-order valence-corrected chi connectivity index (χ4v) is 3.08. The standard InChI is InChI=1S/C20H30N2O5/c1-4-26-17-12-15-9-11-22(14-16(15)13-18(17)27-5-2)20(24)21-10-7-6-8-19(23)25-3/h12-13H,4-11,14H2,1-3H3,(H,21,24). The second-order valence-electron chi connectivity index (χ2n) is 6.37. The molecule has 0 saturated carbocycles. The molecule has 1 heterocycles. The van der Waals surface area contributed by atoms with E-state index in [1.807, 2.05) is 26.0 Å². The average molecular weight is 378 g/mol.